The van der Waals surface area contributed by atoms with Crippen LogP contribution >= 0.6 is 11.6 Å². The molecule has 1 amide bonds. The van der Waals surface area contributed by atoms with Gasteiger partial charge in [0.15, 0.2) is 0 Å². The smallest absolute Gasteiger partial charge is 0.417 e. The number of amides is 1. The van der Waals surface area contributed by atoms with Crippen molar-refractivity contribution in [3.63, 3.8) is 0 Å². The molecule has 1 fully saturated rings. The van der Waals surface area contributed by atoms with Crippen molar-refractivity contribution in [1.29, 1.82) is 5.26 Å². The number of alkyl halides is 3. The molecule has 0 unspecified atom stereocenters. The molecule has 118 valence electrons. The van der Waals surface area contributed by atoms with Crippen molar-refractivity contribution in [1.82, 2.24) is 4.90 Å². The fourth-order valence-corrected chi connectivity index (χ4v) is 2.81. The minimum Gasteiger partial charge on any atom is -0.465 e. The molecular formula is C14H12ClF3N2O2. The average molecular weight is 333 g/mol. The number of carboxylic acid groups (broad SMARTS) is 1. The van der Waals surface area contributed by atoms with Crippen LogP contribution in [-0.2, 0) is 11.6 Å². The molecule has 1 saturated heterocycles. The predicted molar refractivity (Wildman–Crippen MR) is 72.6 cm³/mol. The summed E-state index contributed by atoms with van der Waals surface area (Å²) in [7, 11) is 0. The number of halogens is 4. The lowest BCUT2D eigenvalue weighted by atomic mass is 9.73. The minimum absolute atomic E-state index is 0.104. The molecule has 0 aliphatic carbocycles. The van der Waals surface area contributed by atoms with E-state index in [1.807, 2.05) is 0 Å². The van der Waals surface area contributed by atoms with E-state index in [1.165, 1.54) is 6.07 Å². The summed E-state index contributed by atoms with van der Waals surface area (Å²) in [6.07, 6.45) is -5.41. The topological polar surface area (TPSA) is 64.3 Å². The normalized spacial score (nSPS) is 17.9. The van der Waals surface area contributed by atoms with Crippen LogP contribution in [0.5, 0.6) is 0 Å². The molecule has 1 N–H and O–H groups in total. The average Bonchev–Trinajstić information content (AvgIpc) is 2.46. The second-order valence-corrected chi connectivity index (χ2v) is 5.56. The molecule has 4 nitrogen and oxygen atoms in total. The highest BCUT2D eigenvalue weighted by Crippen LogP contribution is 2.40. The highest BCUT2D eigenvalue weighted by atomic mass is 35.5. The number of piperidine rings is 1. The Labute approximate surface area is 129 Å². The van der Waals surface area contributed by atoms with Gasteiger partial charge in [0.25, 0.3) is 0 Å². The number of rotatable bonds is 1. The molecule has 1 heterocycles. The lowest BCUT2D eigenvalue weighted by Crippen LogP contribution is -2.44. The van der Waals surface area contributed by atoms with Gasteiger partial charge in [-0.2, -0.15) is 18.4 Å². The van der Waals surface area contributed by atoms with E-state index in [-0.39, 0.29) is 31.5 Å². The fourth-order valence-electron chi connectivity index (χ4n) is 2.58. The zero-order valence-corrected chi connectivity index (χ0v) is 12.1. The number of nitriles is 1. The second kappa shape index (κ2) is 5.69. The zero-order valence-electron chi connectivity index (χ0n) is 11.3. The van der Waals surface area contributed by atoms with Crippen molar-refractivity contribution in [2.75, 3.05) is 13.1 Å². The fraction of sp³-hybridized carbons (Fsp3) is 0.429. The third kappa shape index (κ3) is 2.97. The quantitative estimate of drug-likeness (QED) is 0.848. The number of hydrogen-bond acceptors (Lipinski definition) is 2. The molecule has 2 rings (SSSR count). The first-order chi connectivity index (χ1) is 10.2. The van der Waals surface area contributed by atoms with Crippen LogP contribution in [0.4, 0.5) is 18.0 Å². The molecule has 0 bridgehead atoms. The van der Waals surface area contributed by atoms with Crippen molar-refractivity contribution in [2.24, 2.45) is 0 Å². The van der Waals surface area contributed by atoms with Gasteiger partial charge >= 0.3 is 12.3 Å². The van der Waals surface area contributed by atoms with E-state index in [0.717, 1.165) is 17.0 Å². The van der Waals surface area contributed by atoms with Gasteiger partial charge in [-0.1, -0.05) is 17.7 Å². The Kier molecular flexibility index (Phi) is 4.25. The van der Waals surface area contributed by atoms with Gasteiger partial charge in [0.05, 0.1) is 22.1 Å². The first-order valence-corrected chi connectivity index (χ1v) is 6.84. The van der Waals surface area contributed by atoms with Gasteiger partial charge in [-0.25, -0.2) is 4.79 Å². The molecule has 1 aliphatic rings. The van der Waals surface area contributed by atoms with E-state index < -0.39 is 28.3 Å². The Morgan fingerprint density at radius 1 is 1.36 bits per heavy atom. The van der Waals surface area contributed by atoms with Crippen LogP contribution in [0.1, 0.15) is 24.0 Å². The summed E-state index contributed by atoms with van der Waals surface area (Å²) in [5.41, 5.74) is -1.89. The Bertz CT molecular complexity index is 632. The first-order valence-electron chi connectivity index (χ1n) is 6.46. The maximum Gasteiger partial charge on any atom is 0.417 e. The Hall–Kier alpha value is -1.94. The van der Waals surface area contributed by atoms with Gasteiger partial charge in [0.1, 0.15) is 0 Å². The molecule has 22 heavy (non-hydrogen) atoms. The number of benzene rings is 1. The van der Waals surface area contributed by atoms with E-state index in [0.29, 0.717) is 0 Å². The van der Waals surface area contributed by atoms with Gasteiger partial charge in [-0.3, -0.25) is 0 Å². The van der Waals surface area contributed by atoms with Crippen molar-refractivity contribution in [2.45, 2.75) is 24.4 Å². The number of likely N-dealkylation sites (tertiary alicyclic amines) is 1. The molecule has 1 aromatic rings. The van der Waals surface area contributed by atoms with E-state index in [4.69, 9.17) is 16.7 Å². The largest absolute Gasteiger partial charge is 0.465 e. The maximum atomic E-state index is 12.9. The third-order valence-electron chi connectivity index (χ3n) is 3.93. The van der Waals surface area contributed by atoms with Crippen molar-refractivity contribution in [3.05, 3.63) is 34.3 Å². The summed E-state index contributed by atoms with van der Waals surface area (Å²) in [5.74, 6) is 0. The predicted octanol–water partition coefficient (Wildman–Crippen LogP) is 3.89. The first kappa shape index (κ1) is 16.4. The Morgan fingerprint density at radius 2 is 1.95 bits per heavy atom. The second-order valence-electron chi connectivity index (χ2n) is 5.16. The van der Waals surface area contributed by atoms with Gasteiger partial charge in [0, 0.05) is 13.1 Å². The molecule has 1 aliphatic heterocycles. The van der Waals surface area contributed by atoms with Crippen molar-refractivity contribution < 1.29 is 23.1 Å². The van der Waals surface area contributed by atoms with Crippen LogP contribution in [0.25, 0.3) is 0 Å². The summed E-state index contributed by atoms with van der Waals surface area (Å²) in [6, 6.07) is 5.48. The summed E-state index contributed by atoms with van der Waals surface area (Å²) >= 11 is 5.58. The van der Waals surface area contributed by atoms with Gasteiger partial charge in [-0.15, -0.1) is 0 Å². The van der Waals surface area contributed by atoms with Crippen LogP contribution in [0.3, 0.4) is 0 Å². The van der Waals surface area contributed by atoms with Gasteiger partial charge in [-0.05, 0) is 30.5 Å². The van der Waals surface area contributed by atoms with Crippen LogP contribution < -0.4 is 0 Å². The zero-order chi connectivity index (χ0) is 16.5. The molecule has 0 saturated carbocycles. The molecule has 8 heteroatoms. The van der Waals surface area contributed by atoms with Crippen molar-refractivity contribution in [3.8, 4) is 6.07 Å². The number of carbonyl (C=O) groups is 1. The van der Waals surface area contributed by atoms with E-state index in [1.54, 1.807) is 0 Å². The highest BCUT2D eigenvalue weighted by molar-refractivity contribution is 6.31. The molecule has 0 radical (unpaired) electrons. The summed E-state index contributed by atoms with van der Waals surface area (Å²) < 4.78 is 38.8. The Morgan fingerprint density at radius 3 is 2.41 bits per heavy atom. The monoisotopic (exact) mass is 332 g/mol. The van der Waals surface area contributed by atoms with E-state index >= 15 is 0 Å². The van der Waals surface area contributed by atoms with Crippen LogP contribution in [-0.4, -0.2) is 29.2 Å². The van der Waals surface area contributed by atoms with Crippen LogP contribution in [0.2, 0.25) is 5.02 Å². The standard InChI is InChI=1S/C14H12ClF3N2O2/c15-11-2-1-9(7-10(11)14(16,17)18)13(8-19)3-5-20(6-4-13)12(21)22/h1-2,7H,3-6H2,(H,21,22). The lowest BCUT2D eigenvalue weighted by Gasteiger charge is -2.36. The highest BCUT2D eigenvalue weighted by Gasteiger charge is 2.40. The third-order valence-corrected chi connectivity index (χ3v) is 4.26. The lowest BCUT2D eigenvalue weighted by molar-refractivity contribution is -0.137. The summed E-state index contributed by atoms with van der Waals surface area (Å²) in [4.78, 5) is 12.0. The van der Waals surface area contributed by atoms with Crippen LogP contribution in [0, 0.1) is 11.3 Å². The molecule has 0 aromatic heterocycles. The van der Waals surface area contributed by atoms with Crippen LogP contribution in [0.15, 0.2) is 18.2 Å². The Balaban J connectivity index is 2.38. The van der Waals surface area contributed by atoms with Gasteiger partial charge < -0.3 is 10.0 Å². The molecule has 1 aromatic carbocycles. The maximum absolute atomic E-state index is 12.9. The molecule has 0 spiro atoms. The number of nitrogens with zero attached hydrogens (tertiary/aromatic N) is 2. The molecule has 0 atom stereocenters. The van der Waals surface area contributed by atoms with E-state index in [2.05, 4.69) is 6.07 Å². The minimum atomic E-state index is -4.61. The SMILES string of the molecule is N#CC1(c2ccc(Cl)c(C(F)(F)F)c2)CCN(C(=O)O)CC1. The summed E-state index contributed by atoms with van der Waals surface area (Å²) in [5, 5.41) is 17.9. The molecular weight excluding hydrogens is 321 g/mol. The van der Waals surface area contributed by atoms with Gasteiger partial charge in [0.2, 0.25) is 0 Å². The summed E-state index contributed by atoms with van der Waals surface area (Å²) in [6.45, 7) is 0.208. The van der Waals surface area contributed by atoms with Crippen molar-refractivity contribution >= 4 is 17.7 Å². The number of hydrogen-bond donors (Lipinski definition) is 1. The van der Waals surface area contributed by atoms with E-state index in [9.17, 15) is 23.2 Å².